The highest BCUT2D eigenvalue weighted by Gasteiger charge is 2.31. The SMILES string of the molecule is COc1cc2c(c(OC)c1OC)-c1cc3c(CC(=O)NCCNC(C)=O)c(-c4ccccc4)oc3c(=O)cc1C(NC(C)=O)CC2. The summed E-state index contributed by atoms with van der Waals surface area (Å²) in [6.45, 7) is 3.35. The zero-order valence-corrected chi connectivity index (χ0v) is 26.5. The lowest BCUT2D eigenvalue weighted by Crippen LogP contribution is -2.34. The molecule has 0 bridgehead atoms. The fourth-order valence-electron chi connectivity index (χ4n) is 6.04. The molecular formula is C35H37N3O8. The zero-order valence-electron chi connectivity index (χ0n) is 26.5. The molecule has 0 saturated heterocycles. The van der Waals surface area contributed by atoms with Crippen LogP contribution in [0.3, 0.4) is 0 Å². The maximum absolute atomic E-state index is 14.0. The van der Waals surface area contributed by atoms with Crippen molar-refractivity contribution in [2.75, 3.05) is 34.4 Å². The summed E-state index contributed by atoms with van der Waals surface area (Å²) in [6.07, 6.45) is 0.944. The second-order valence-corrected chi connectivity index (χ2v) is 11.0. The van der Waals surface area contributed by atoms with E-state index in [0.717, 1.165) is 5.56 Å². The van der Waals surface area contributed by atoms with Crippen LogP contribution in [0.4, 0.5) is 0 Å². The number of methoxy groups -OCH3 is 3. The highest BCUT2D eigenvalue weighted by Crippen LogP contribution is 2.51. The number of carbonyl (C=O) groups is 3. The number of fused-ring (bicyclic) bond motifs is 4. The molecule has 1 atom stereocenters. The molecular weight excluding hydrogens is 590 g/mol. The van der Waals surface area contributed by atoms with Crippen molar-refractivity contribution in [2.24, 2.45) is 0 Å². The summed E-state index contributed by atoms with van der Waals surface area (Å²) in [4.78, 5) is 50.9. The molecule has 0 fully saturated rings. The molecule has 1 aliphatic rings. The Morgan fingerprint density at radius 3 is 2.26 bits per heavy atom. The standard InChI is InChI=1S/C35H37N3O8/c1-19(39)36-13-14-37-30(42)18-26-25-16-24-23(17-28(41)33(25)46-32(26)21-9-7-6-8-10-21)27(38-20(2)40)12-11-22-15-29(43-3)34(44-4)35(45-5)31(22)24/h6-10,15-17,27H,11-14,18H2,1-5H3,(H,36,39)(H,37,42)(H,38,40). The van der Waals surface area contributed by atoms with Crippen LogP contribution in [-0.4, -0.2) is 52.1 Å². The molecule has 4 aromatic rings. The van der Waals surface area contributed by atoms with Gasteiger partial charge in [0.05, 0.1) is 33.8 Å². The summed E-state index contributed by atoms with van der Waals surface area (Å²) in [7, 11) is 4.60. The van der Waals surface area contributed by atoms with Crippen LogP contribution in [0.1, 0.15) is 43.0 Å². The molecule has 11 heteroatoms. The van der Waals surface area contributed by atoms with E-state index in [1.165, 1.54) is 34.1 Å². The minimum Gasteiger partial charge on any atom is -0.493 e. The lowest BCUT2D eigenvalue weighted by molar-refractivity contribution is -0.121. The minimum atomic E-state index is -0.500. The Bertz CT molecular complexity index is 1870. The molecule has 0 aliphatic heterocycles. The number of furan rings is 1. The van der Waals surface area contributed by atoms with Crippen LogP contribution in [-0.2, 0) is 27.2 Å². The van der Waals surface area contributed by atoms with Crippen LogP contribution >= 0.6 is 0 Å². The van der Waals surface area contributed by atoms with E-state index in [9.17, 15) is 19.2 Å². The van der Waals surface area contributed by atoms with Gasteiger partial charge in [-0.25, -0.2) is 0 Å². The molecule has 0 saturated carbocycles. The normalized spacial score (nSPS) is 13.5. The van der Waals surface area contributed by atoms with Crippen LogP contribution in [0.5, 0.6) is 17.2 Å². The monoisotopic (exact) mass is 627 g/mol. The van der Waals surface area contributed by atoms with E-state index in [1.807, 2.05) is 42.5 Å². The van der Waals surface area contributed by atoms with Crippen molar-refractivity contribution in [1.82, 2.24) is 16.0 Å². The number of amides is 3. The molecule has 1 unspecified atom stereocenters. The van der Waals surface area contributed by atoms with E-state index in [4.69, 9.17) is 18.6 Å². The molecule has 1 aromatic heterocycles. The Balaban J connectivity index is 1.81. The first kappa shape index (κ1) is 32.1. The summed E-state index contributed by atoms with van der Waals surface area (Å²) >= 11 is 0. The predicted octanol–water partition coefficient (Wildman–Crippen LogP) is 4.07. The second-order valence-electron chi connectivity index (χ2n) is 11.0. The Labute approximate surface area is 266 Å². The molecule has 1 aliphatic carbocycles. The number of carbonyl (C=O) groups excluding carboxylic acids is 3. The van der Waals surface area contributed by atoms with Crippen molar-refractivity contribution < 1.29 is 33.0 Å². The zero-order chi connectivity index (χ0) is 33.0. The van der Waals surface area contributed by atoms with Crippen molar-refractivity contribution in [3.05, 3.63) is 75.4 Å². The molecule has 5 rings (SSSR count). The van der Waals surface area contributed by atoms with Gasteiger partial charge in [-0.05, 0) is 47.7 Å². The lowest BCUT2D eigenvalue weighted by Gasteiger charge is -2.20. The third kappa shape index (κ3) is 6.39. The maximum atomic E-state index is 14.0. The number of nitrogens with one attached hydrogen (secondary N) is 3. The number of aryl methyl sites for hydroxylation is 1. The van der Waals surface area contributed by atoms with Crippen molar-refractivity contribution in [2.45, 2.75) is 39.2 Å². The summed E-state index contributed by atoms with van der Waals surface area (Å²) < 4.78 is 23.6. The fourth-order valence-corrected chi connectivity index (χ4v) is 6.04. The van der Waals surface area contributed by atoms with E-state index < -0.39 is 11.5 Å². The topological polar surface area (TPSA) is 145 Å². The van der Waals surface area contributed by atoms with Gasteiger partial charge >= 0.3 is 0 Å². The Morgan fingerprint density at radius 2 is 1.61 bits per heavy atom. The third-order valence-corrected chi connectivity index (χ3v) is 7.99. The Hall–Kier alpha value is -5.32. The highest BCUT2D eigenvalue weighted by molar-refractivity contribution is 5.96. The molecule has 0 spiro atoms. The molecule has 240 valence electrons. The molecule has 1 heterocycles. The first-order chi connectivity index (χ1) is 22.2. The van der Waals surface area contributed by atoms with Crippen LogP contribution in [0.2, 0.25) is 0 Å². The average molecular weight is 628 g/mol. The molecule has 3 amide bonds. The van der Waals surface area contributed by atoms with E-state index >= 15 is 0 Å². The summed E-state index contributed by atoms with van der Waals surface area (Å²) in [6, 6.07) is 14.0. The van der Waals surface area contributed by atoms with E-state index in [2.05, 4.69) is 16.0 Å². The van der Waals surface area contributed by atoms with Gasteiger partial charge < -0.3 is 34.6 Å². The first-order valence-corrected chi connectivity index (χ1v) is 15.0. The second kappa shape index (κ2) is 13.8. The molecule has 46 heavy (non-hydrogen) atoms. The van der Waals surface area contributed by atoms with Crippen LogP contribution in [0.25, 0.3) is 33.4 Å². The Kier molecular flexibility index (Phi) is 9.60. The fraction of sp³-hybridized carbons (Fsp3) is 0.314. The van der Waals surface area contributed by atoms with E-state index in [0.29, 0.717) is 69.1 Å². The van der Waals surface area contributed by atoms with E-state index in [1.54, 1.807) is 7.11 Å². The van der Waals surface area contributed by atoms with Crippen LogP contribution in [0.15, 0.2) is 57.7 Å². The van der Waals surface area contributed by atoms with Gasteiger partial charge in [0.2, 0.25) is 28.9 Å². The highest BCUT2D eigenvalue weighted by atomic mass is 16.5. The quantitative estimate of drug-likeness (QED) is 0.223. The number of hydrogen-bond donors (Lipinski definition) is 3. The molecule has 0 radical (unpaired) electrons. The van der Waals surface area contributed by atoms with Crippen molar-refractivity contribution in [3.8, 4) is 39.7 Å². The average Bonchev–Trinajstić information content (AvgIpc) is 3.24. The molecule has 11 nitrogen and oxygen atoms in total. The number of hydrogen-bond acceptors (Lipinski definition) is 8. The third-order valence-electron chi connectivity index (χ3n) is 7.99. The van der Waals surface area contributed by atoms with Crippen LogP contribution < -0.4 is 35.6 Å². The smallest absolute Gasteiger partial charge is 0.224 e. The summed E-state index contributed by atoms with van der Waals surface area (Å²) in [5, 5.41) is 8.95. The number of ether oxygens (including phenoxy) is 3. The molecule has 3 N–H and O–H groups in total. The van der Waals surface area contributed by atoms with E-state index in [-0.39, 0.29) is 42.8 Å². The van der Waals surface area contributed by atoms with Crippen LogP contribution in [0, 0.1) is 0 Å². The Morgan fingerprint density at radius 1 is 0.891 bits per heavy atom. The van der Waals surface area contributed by atoms with Gasteiger partial charge in [0.1, 0.15) is 5.76 Å². The van der Waals surface area contributed by atoms with Gasteiger partial charge in [-0.3, -0.25) is 19.2 Å². The van der Waals surface area contributed by atoms with Gasteiger partial charge in [-0.15, -0.1) is 0 Å². The van der Waals surface area contributed by atoms with Gasteiger partial charge in [-0.2, -0.15) is 0 Å². The summed E-state index contributed by atoms with van der Waals surface area (Å²) in [5.41, 5.74) is 3.68. The van der Waals surface area contributed by atoms with Crippen molar-refractivity contribution >= 4 is 28.7 Å². The van der Waals surface area contributed by atoms with Gasteiger partial charge in [0, 0.05) is 49.0 Å². The van der Waals surface area contributed by atoms with Gasteiger partial charge in [0.25, 0.3) is 0 Å². The first-order valence-electron chi connectivity index (χ1n) is 15.0. The lowest BCUT2D eigenvalue weighted by atomic mass is 9.94. The minimum absolute atomic E-state index is 0.0792. The number of rotatable bonds is 10. The largest absolute Gasteiger partial charge is 0.493 e. The summed E-state index contributed by atoms with van der Waals surface area (Å²) in [5.74, 6) is 0.937. The van der Waals surface area contributed by atoms with Gasteiger partial charge in [-0.1, -0.05) is 30.3 Å². The maximum Gasteiger partial charge on any atom is 0.224 e. The van der Waals surface area contributed by atoms with Crippen molar-refractivity contribution in [3.63, 3.8) is 0 Å². The number of benzene rings is 2. The molecule has 3 aromatic carbocycles. The predicted molar refractivity (Wildman–Crippen MR) is 173 cm³/mol. The van der Waals surface area contributed by atoms with Gasteiger partial charge in [0.15, 0.2) is 17.1 Å². The van der Waals surface area contributed by atoms with Crippen molar-refractivity contribution in [1.29, 1.82) is 0 Å².